The number of halogens is 2. The maximum absolute atomic E-state index is 13.1. The average Bonchev–Trinajstić information content (AvgIpc) is 2.79. The molecule has 1 aromatic heterocycles. The number of fused-ring (bicyclic) bond motifs is 1. The highest BCUT2D eigenvalue weighted by Gasteiger charge is 2.27. The second kappa shape index (κ2) is 5.40. The summed E-state index contributed by atoms with van der Waals surface area (Å²) in [6.45, 7) is 1.76. The van der Waals surface area contributed by atoms with Crippen LogP contribution in [0.25, 0.3) is 10.9 Å². The van der Waals surface area contributed by atoms with Crippen molar-refractivity contribution in [1.82, 2.24) is 4.98 Å². The van der Waals surface area contributed by atoms with Gasteiger partial charge in [-0.25, -0.2) is 8.42 Å². The number of benzene rings is 2. The van der Waals surface area contributed by atoms with Gasteiger partial charge in [0.15, 0.2) is 0 Å². The Hall–Kier alpha value is -1.31. The first-order valence-electron chi connectivity index (χ1n) is 6.39. The summed E-state index contributed by atoms with van der Waals surface area (Å²) >= 11 is 6.59. The molecule has 0 bridgehead atoms. The van der Waals surface area contributed by atoms with E-state index in [0.717, 1.165) is 5.52 Å². The van der Waals surface area contributed by atoms with E-state index in [2.05, 4.69) is 36.8 Å². The Balaban J connectivity index is 2.34. The van der Waals surface area contributed by atoms with Crippen LogP contribution in [0.1, 0.15) is 5.69 Å². The highest BCUT2D eigenvalue weighted by molar-refractivity contribution is 9.11. The van der Waals surface area contributed by atoms with Crippen molar-refractivity contribution in [2.45, 2.75) is 16.7 Å². The summed E-state index contributed by atoms with van der Waals surface area (Å²) in [5.74, 6) is 0. The van der Waals surface area contributed by atoms with E-state index >= 15 is 0 Å². The molecule has 4 nitrogen and oxygen atoms in total. The highest BCUT2D eigenvalue weighted by Crippen LogP contribution is 2.37. The maximum Gasteiger partial charge on any atom is 0.210 e. The monoisotopic (exact) mass is 442 g/mol. The van der Waals surface area contributed by atoms with E-state index in [1.165, 1.54) is 6.07 Å². The molecule has 0 spiro atoms. The van der Waals surface area contributed by atoms with E-state index in [-0.39, 0.29) is 4.90 Å². The predicted octanol–water partition coefficient (Wildman–Crippen LogP) is 4.42. The van der Waals surface area contributed by atoms with Crippen LogP contribution in [-0.4, -0.2) is 13.4 Å². The van der Waals surface area contributed by atoms with Gasteiger partial charge in [0, 0.05) is 31.2 Å². The summed E-state index contributed by atoms with van der Waals surface area (Å²) in [4.78, 5) is 3.59. The third-order valence-corrected chi connectivity index (χ3v) is 7.03. The van der Waals surface area contributed by atoms with Gasteiger partial charge in [0.25, 0.3) is 0 Å². The normalized spacial score (nSPS) is 12.0. The molecule has 114 valence electrons. The zero-order valence-electron chi connectivity index (χ0n) is 11.5. The number of rotatable bonds is 2. The van der Waals surface area contributed by atoms with Gasteiger partial charge in [-0.1, -0.05) is 18.2 Å². The number of H-pyrrole nitrogens is 1. The lowest BCUT2D eigenvalue weighted by Crippen LogP contribution is -2.05. The standard InChI is InChI=1S/C15H12Br2N2O2S/c1-8-15(9-4-2-3-5-13(9)19-8)22(20,21)14-7-10(16)12(18)6-11(14)17/h2-7,19H,18H2,1H3. The Kier molecular flexibility index (Phi) is 3.82. The fourth-order valence-electron chi connectivity index (χ4n) is 2.46. The third kappa shape index (κ3) is 2.37. The molecule has 3 N–H and O–H groups in total. The molecule has 1 heterocycles. The number of hydrogen-bond donors (Lipinski definition) is 2. The van der Waals surface area contributed by atoms with Crippen molar-refractivity contribution in [2.75, 3.05) is 5.73 Å². The lowest BCUT2D eigenvalue weighted by Gasteiger charge is -2.09. The minimum Gasteiger partial charge on any atom is -0.398 e. The van der Waals surface area contributed by atoms with E-state index in [1.54, 1.807) is 19.1 Å². The molecule has 22 heavy (non-hydrogen) atoms. The molecule has 0 unspecified atom stereocenters. The molecule has 0 atom stereocenters. The van der Waals surface area contributed by atoms with Crippen LogP contribution in [0.15, 0.2) is 55.1 Å². The minimum absolute atomic E-state index is 0.182. The zero-order valence-corrected chi connectivity index (χ0v) is 15.5. The van der Waals surface area contributed by atoms with Gasteiger partial charge in [-0.05, 0) is 57.0 Å². The van der Waals surface area contributed by atoms with Crippen LogP contribution in [0.3, 0.4) is 0 Å². The number of nitrogen functional groups attached to an aromatic ring is 1. The van der Waals surface area contributed by atoms with E-state index < -0.39 is 9.84 Å². The molecule has 0 aliphatic rings. The Labute approximate surface area is 144 Å². The predicted molar refractivity (Wildman–Crippen MR) is 94.7 cm³/mol. The van der Waals surface area contributed by atoms with Crippen LogP contribution in [0.2, 0.25) is 0 Å². The minimum atomic E-state index is -3.69. The number of nitrogens with one attached hydrogen (secondary N) is 1. The van der Waals surface area contributed by atoms with Gasteiger partial charge >= 0.3 is 0 Å². The SMILES string of the molecule is Cc1[nH]c2ccccc2c1S(=O)(=O)c1cc(Br)c(N)cc1Br. The number of anilines is 1. The van der Waals surface area contributed by atoms with Crippen molar-refractivity contribution in [3.63, 3.8) is 0 Å². The second-order valence-corrected chi connectivity index (χ2v) is 8.50. The average molecular weight is 444 g/mol. The first-order valence-corrected chi connectivity index (χ1v) is 9.46. The Morgan fingerprint density at radius 3 is 2.50 bits per heavy atom. The quantitative estimate of drug-likeness (QED) is 0.575. The van der Waals surface area contributed by atoms with Gasteiger partial charge < -0.3 is 10.7 Å². The Bertz CT molecular complexity index is 994. The molecule has 0 saturated carbocycles. The smallest absolute Gasteiger partial charge is 0.210 e. The van der Waals surface area contributed by atoms with E-state index in [1.807, 2.05) is 18.2 Å². The van der Waals surface area contributed by atoms with Gasteiger partial charge in [-0.3, -0.25) is 0 Å². The van der Waals surface area contributed by atoms with Crippen molar-refractivity contribution < 1.29 is 8.42 Å². The van der Waals surface area contributed by atoms with Crippen molar-refractivity contribution in [1.29, 1.82) is 0 Å². The van der Waals surface area contributed by atoms with Crippen LogP contribution in [0.5, 0.6) is 0 Å². The zero-order chi connectivity index (χ0) is 16.1. The van der Waals surface area contributed by atoms with Gasteiger partial charge in [-0.2, -0.15) is 0 Å². The van der Waals surface area contributed by atoms with E-state index in [0.29, 0.717) is 30.6 Å². The first-order chi connectivity index (χ1) is 10.3. The molecule has 3 rings (SSSR count). The molecular weight excluding hydrogens is 432 g/mol. The van der Waals surface area contributed by atoms with Gasteiger partial charge in [-0.15, -0.1) is 0 Å². The topological polar surface area (TPSA) is 76.0 Å². The summed E-state index contributed by atoms with van der Waals surface area (Å²) in [5.41, 5.74) is 7.68. The van der Waals surface area contributed by atoms with E-state index in [9.17, 15) is 8.42 Å². The van der Waals surface area contributed by atoms with Gasteiger partial charge in [0.2, 0.25) is 9.84 Å². The molecule has 7 heteroatoms. The number of aromatic nitrogens is 1. The molecule has 2 aromatic carbocycles. The van der Waals surface area contributed by atoms with Crippen LogP contribution >= 0.6 is 31.9 Å². The second-order valence-electron chi connectivity index (χ2n) is 4.93. The van der Waals surface area contributed by atoms with Crippen LogP contribution in [0, 0.1) is 6.92 Å². The molecule has 0 fully saturated rings. The molecule has 0 saturated heterocycles. The molecule has 0 amide bonds. The van der Waals surface area contributed by atoms with E-state index in [4.69, 9.17) is 5.73 Å². The van der Waals surface area contributed by atoms with Crippen LogP contribution in [-0.2, 0) is 9.84 Å². The molecule has 3 aromatic rings. The highest BCUT2D eigenvalue weighted by atomic mass is 79.9. The van der Waals surface area contributed by atoms with Crippen molar-refractivity contribution in [3.05, 3.63) is 51.0 Å². The molecule has 0 radical (unpaired) electrons. The van der Waals surface area contributed by atoms with Crippen molar-refractivity contribution in [3.8, 4) is 0 Å². The number of aryl methyl sites for hydroxylation is 1. The van der Waals surface area contributed by atoms with Gasteiger partial charge in [0.05, 0.1) is 9.79 Å². The summed E-state index contributed by atoms with van der Waals surface area (Å²) in [5, 5.41) is 0.680. The molecular formula is C15H12Br2N2O2S. The first kappa shape index (κ1) is 15.6. The summed E-state index contributed by atoms with van der Waals surface area (Å²) in [6, 6.07) is 10.4. The number of para-hydroxylation sites is 1. The Morgan fingerprint density at radius 2 is 1.77 bits per heavy atom. The largest absolute Gasteiger partial charge is 0.398 e. The fraction of sp³-hybridized carbons (Fsp3) is 0.0667. The Morgan fingerprint density at radius 1 is 1.09 bits per heavy atom. The number of aromatic amines is 1. The molecule has 0 aliphatic heterocycles. The van der Waals surface area contributed by atoms with Gasteiger partial charge in [0.1, 0.15) is 0 Å². The summed E-state index contributed by atoms with van der Waals surface area (Å²) in [6.07, 6.45) is 0. The lowest BCUT2D eigenvalue weighted by molar-refractivity contribution is 0.596. The van der Waals surface area contributed by atoms with Crippen LogP contribution in [0.4, 0.5) is 5.69 Å². The summed E-state index contributed by atoms with van der Waals surface area (Å²) in [7, 11) is -3.69. The maximum atomic E-state index is 13.1. The number of nitrogens with two attached hydrogens (primary N) is 1. The van der Waals surface area contributed by atoms with Crippen LogP contribution < -0.4 is 5.73 Å². The number of sulfone groups is 1. The summed E-state index contributed by atoms with van der Waals surface area (Å²) < 4.78 is 27.2. The lowest BCUT2D eigenvalue weighted by atomic mass is 10.2. The number of hydrogen-bond acceptors (Lipinski definition) is 3. The molecule has 0 aliphatic carbocycles. The fourth-order valence-corrected chi connectivity index (χ4v) is 5.68. The van der Waals surface area contributed by atoms with Crippen molar-refractivity contribution >= 4 is 58.3 Å². The third-order valence-electron chi connectivity index (χ3n) is 3.44. The van der Waals surface area contributed by atoms with Crippen molar-refractivity contribution in [2.24, 2.45) is 0 Å².